The van der Waals surface area contributed by atoms with E-state index in [0.717, 1.165) is 28.9 Å². The van der Waals surface area contributed by atoms with Crippen LogP contribution in [-0.2, 0) is 40.1 Å². The van der Waals surface area contributed by atoms with E-state index < -0.39 is 20.3 Å². The van der Waals surface area contributed by atoms with Crippen LogP contribution >= 0.6 is 0 Å². The molecule has 5 rings (SSSR count). The van der Waals surface area contributed by atoms with Crippen molar-refractivity contribution in [1.29, 1.82) is 0 Å². The number of aliphatic hydroxyl groups is 1. The largest absolute Gasteiger partial charge is 0.389 e. The number of ether oxygens (including phenoxy) is 3. The average Bonchev–Trinajstić information content (AvgIpc) is 3.02. The zero-order valence-electron chi connectivity index (χ0n) is 25.4. The summed E-state index contributed by atoms with van der Waals surface area (Å²) in [5.41, 5.74) is 4.68. The summed E-state index contributed by atoms with van der Waals surface area (Å²) in [4.78, 5) is 2.43. The molecule has 0 amide bonds. The molecular formula is C37H45NO4Si. The Morgan fingerprint density at radius 3 is 1.65 bits per heavy atom. The SMILES string of the molecule is C[Si](C)(Cc1ccccc1)CN1C[C@H](OCc2ccccc2)[C@@H](OCc2ccccc2)[C@H](O)[C@H]1COCc1ccccc1. The molecule has 0 aromatic heterocycles. The van der Waals surface area contributed by atoms with Gasteiger partial charge in [-0.25, -0.2) is 0 Å². The molecule has 1 aliphatic heterocycles. The van der Waals surface area contributed by atoms with Gasteiger partial charge in [-0.05, 0) is 28.9 Å². The Bertz CT molecular complexity index is 1340. The summed E-state index contributed by atoms with van der Waals surface area (Å²) < 4.78 is 19.4. The third kappa shape index (κ3) is 9.44. The Kier molecular flexibility index (Phi) is 11.3. The summed E-state index contributed by atoms with van der Waals surface area (Å²) in [6.07, 6.45) is -0.611. The number of hydrogen-bond acceptors (Lipinski definition) is 5. The third-order valence-electron chi connectivity index (χ3n) is 8.13. The number of rotatable bonds is 14. The molecule has 43 heavy (non-hydrogen) atoms. The van der Waals surface area contributed by atoms with Gasteiger partial charge in [0.2, 0.25) is 0 Å². The number of hydrogen-bond donors (Lipinski definition) is 1. The maximum absolute atomic E-state index is 12.0. The molecule has 4 atom stereocenters. The summed E-state index contributed by atoms with van der Waals surface area (Å²) in [7, 11) is -1.75. The molecule has 6 heteroatoms. The van der Waals surface area contributed by atoms with Crippen LogP contribution in [0.1, 0.15) is 22.3 Å². The molecule has 0 aliphatic carbocycles. The first-order valence-corrected chi connectivity index (χ1v) is 18.8. The number of piperidine rings is 1. The normalized spacial score (nSPS) is 21.1. The van der Waals surface area contributed by atoms with Crippen LogP contribution in [0.4, 0.5) is 0 Å². The molecule has 1 saturated heterocycles. The molecule has 226 valence electrons. The van der Waals surface area contributed by atoms with Gasteiger partial charge in [-0.1, -0.05) is 140 Å². The third-order valence-corrected chi connectivity index (χ3v) is 10.8. The minimum atomic E-state index is -1.75. The molecule has 4 aromatic carbocycles. The van der Waals surface area contributed by atoms with E-state index in [9.17, 15) is 5.11 Å². The van der Waals surface area contributed by atoms with E-state index in [1.807, 2.05) is 54.6 Å². The van der Waals surface area contributed by atoms with Gasteiger partial charge in [0.15, 0.2) is 0 Å². The van der Waals surface area contributed by atoms with Crippen LogP contribution in [0.2, 0.25) is 13.1 Å². The molecule has 4 aromatic rings. The smallest absolute Gasteiger partial charge is 0.113 e. The van der Waals surface area contributed by atoms with Crippen LogP contribution in [0, 0.1) is 0 Å². The first-order chi connectivity index (χ1) is 21.0. The van der Waals surface area contributed by atoms with Gasteiger partial charge in [0, 0.05) is 6.54 Å². The van der Waals surface area contributed by atoms with Gasteiger partial charge in [-0.3, -0.25) is 4.90 Å². The molecule has 5 nitrogen and oxygen atoms in total. The van der Waals surface area contributed by atoms with E-state index in [1.165, 1.54) is 5.56 Å². The van der Waals surface area contributed by atoms with Crippen molar-refractivity contribution in [1.82, 2.24) is 4.90 Å². The lowest BCUT2D eigenvalue weighted by Crippen LogP contribution is -2.66. The number of aliphatic hydroxyl groups excluding tert-OH is 1. The molecule has 1 N–H and O–H groups in total. The van der Waals surface area contributed by atoms with Gasteiger partial charge in [-0.15, -0.1) is 0 Å². The quantitative estimate of drug-likeness (QED) is 0.170. The first kappa shape index (κ1) is 31.3. The minimum Gasteiger partial charge on any atom is -0.389 e. The van der Waals surface area contributed by atoms with Gasteiger partial charge >= 0.3 is 0 Å². The fourth-order valence-corrected chi connectivity index (χ4v) is 8.95. The van der Waals surface area contributed by atoms with Gasteiger partial charge in [-0.2, -0.15) is 0 Å². The second-order valence-corrected chi connectivity index (χ2v) is 17.4. The Balaban J connectivity index is 1.36. The highest BCUT2D eigenvalue weighted by atomic mass is 28.3. The Hall–Kier alpha value is -3.10. The summed E-state index contributed by atoms with van der Waals surface area (Å²) in [5.74, 6) is 0. The molecule has 0 radical (unpaired) electrons. The number of nitrogens with zero attached hydrogens (tertiary/aromatic N) is 1. The topological polar surface area (TPSA) is 51.2 Å². The van der Waals surface area contributed by atoms with Crippen LogP contribution < -0.4 is 0 Å². The molecule has 0 unspecified atom stereocenters. The van der Waals surface area contributed by atoms with Crippen LogP contribution in [-0.4, -0.2) is 61.8 Å². The molecule has 0 spiro atoms. The molecule has 1 aliphatic rings. The van der Waals surface area contributed by atoms with E-state index in [4.69, 9.17) is 14.2 Å². The van der Waals surface area contributed by atoms with Gasteiger partial charge in [0.25, 0.3) is 0 Å². The van der Waals surface area contributed by atoms with Crippen LogP contribution in [0.25, 0.3) is 0 Å². The summed E-state index contributed by atoms with van der Waals surface area (Å²) in [6.45, 7) is 7.36. The molecule has 1 heterocycles. The zero-order valence-corrected chi connectivity index (χ0v) is 26.4. The summed E-state index contributed by atoms with van der Waals surface area (Å²) in [6, 6.07) is 42.2. The molecular weight excluding hydrogens is 550 g/mol. The van der Waals surface area contributed by atoms with Crippen molar-refractivity contribution >= 4 is 8.07 Å². The minimum absolute atomic E-state index is 0.205. The van der Waals surface area contributed by atoms with Crippen molar-refractivity contribution in [2.24, 2.45) is 0 Å². The van der Waals surface area contributed by atoms with Crippen molar-refractivity contribution < 1.29 is 19.3 Å². The lowest BCUT2D eigenvalue weighted by molar-refractivity contribution is -0.190. The fourth-order valence-electron chi connectivity index (χ4n) is 6.03. The van der Waals surface area contributed by atoms with Gasteiger partial charge in [0.1, 0.15) is 12.2 Å². The lowest BCUT2D eigenvalue weighted by Gasteiger charge is -2.48. The lowest BCUT2D eigenvalue weighted by atomic mass is 9.94. The maximum atomic E-state index is 12.0. The van der Waals surface area contributed by atoms with Crippen LogP contribution in [0.15, 0.2) is 121 Å². The van der Waals surface area contributed by atoms with Crippen LogP contribution in [0.5, 0.6) is 0 Å². The Morgan fingerprint density at radius 1 is 0.651 bits per heavy atom. The molecule has 0 bridgehead atoms. The van der Waals surface area contributed by atoms with Crippen molar-refractivity contribution in [3.05, 3.63) is 144 Å². The molecule has 0 saturated carbocycles. The van der Waals surface area contributed by atoms with E-state index in [0.29, 0.717) is 33.0 Å². The highest BCUT2D eigenvalue weighted by molar-refractivity contribution is 6.77. The standard InChI is InChI=1S/C37H45NO4Si/c1-43(2,28-33-21-13-6-14-22-33)29-38-23-35(41-25-31-17-9-4-10-18-31)37(42-26-32-19-11-5-12-20-32)36(39)34(38)27-40-24-30-15-7-3-8-16-30/h3-22,34-37,39H,23-29H2,1-2H3/t34-,35+,36-,37-/m1/s1. The van der Waals surface area contributed by atoms with E-state index >= 15 is 0 Å². The summed E-state index contributed by atoms with van der Waals surface area (Å²) >= 11 is 0. The van der Waals surface area contributed by atoms with Gasteiger partial charge in [0.05, 0.1) is 46.6 Å². The molecule has 1 fully saturated rings. The average molecular weight is 596 g/mol. The highest BCUT2D eigenvalue weighted by Crippen LogP contribution is 2.28. The second-order valence-electron chi connectivity index (χ2n) is 12.4. The highest BCUT2D eigenvalue weighted by Gasteiger charge is 2.46. The van der Waals surface area contributed by atoms with Gasteiger partial charge < -0.3 is 19.3 Å². The summed E-state index contributed by atoms with van der Waals surface area (Å²) in [5, 5.41) is 12.0. The zero-order chi connectivity index (χ0) is 29.9. The monoisotopic (exact) mass is 595 g/mol. The predicted molar refractivity (Wildman–Crippen MR) is 175 cm³/mol. The van der Waals surface area contributed by atoms with E-state index in [2.05, 4.69) is 84.7 Å². The first-order valence-electron chi connectivity index (χ1n) is 15.4. The fraction of sp³-hybridized carbons (Fsp3) is 0.351. The van der Waals surface area contributed by atoms with Crippen molar-refractivity contribution in [3.63, 3.8) is 0 Å². The van der Waals surface area contributed by atoms with Crippen LogP contribution in [0.3, 0.4) is 0 Å². The Morgan fingerprint density at radius 2 is 1.12 bits per heavy atom. The van der Waals surface area contributed by atoms with Crippen molar-refractivity contribution in [3.8, 4) is 0 Å². The number of likely N-dealkylation sites (tertiary alicyclic amines) is 1. The van der Waals surface area contributed by atoms with E-state index in [-0.39, 0.29) is 12.1 Å². The number of benzene rings is 4. The maximum Gasteiger partial charge on any atom is 0.113 e. The van der Waals surface area contributed by atoms with Crippen molar-refractivity contribution in [2.75, 3.05) is 19.3 Å². The predicted octanol–water partition coefficient (Wildman–Crippen LogP) is 6.45. The van der Waals surface area contributed by atoms with E-state index in [1.54, 1.807) is 0 Å². The Labute approximate surface area is 258 Å². The van der Waals surface area contributed by atoms with Crippen molar-refractivity contribution in [2.45, 2.75) is 63.3 Å². The second kappa shape index (κ2) is 15.6.